The van der Waals surface area contributed by atoms with Crippen LogP contribution in [-0.4, -0.2) is 24.9 Å². The maximum absolute atomic E-state index is 14.7. The molecule has 0 aliphatic carbocycles. The predicted octanol–water partition coefficient (Wildman–Crippen LogP) is 5.83. The van der Waals surface area contributed by atoms with Crippen LogP contribution in [0.2, 0.25) is 0 Å². The van der Waals surface area contributed by atoms with Gasteiger partial charge >= 0.3 is 18.4 Å². The van der Waals surface area contributed by atoms with Crippen LogP contribution in [0.5, 0.6) is 0 Å². The molecule has 0 aliphatic rings. The number of halogens is 6. The van der Waals surface area contributed by atoms with Gasteiger partial charge in [0.05, 0.1) is 12.1 Å². The number of urea groups is 1. The lowest BCUT2D eigenvalue weighted by molar-refractivity contribution is -0.127. The number of carbonyl (C=O) groups is 1. The zero-order valence-electron chi connectivity index (χ0n) is 18.9. The van der Waals surface area contributed by atoms with Crippen molar-refractivity contribution in [2.75, 3.05) is 6.54 Å². The van der Waals surface area contributed by atoms with Gasteiger partial charge in [-0.15, -0.1) is 6.42 Å². The first-order chi connectivity index (χ1) is 17.1. The number of nitrogens with one attached hydrogen (secondary N) is 2. The fraction of sp³-hybridized carbons (Fsp3) is 0.222. The molecule has 0 fully saturated rings. The van der Waals surface area contributed by atoms with Crippen molar-refractivity contribution in [3.05, 3.63) is 107 Å². The van der Waals surface area contributed by atoms with E-state index in [-0.39, 0.29) is 18.5 Å². The van der Waals surface area contributed by atoms with Crippen LogP contribution in [0.4, 0.5) is 31.1 Å². The van der Waals surface area contributed by atoms with Crippen molar-refractivity contribution in [3.63, 3.8) is 0 Å². The highest BCUT2D eigenvalue weighted by Crippen LogP contribution is 2.36. The van der Waals surface area contributed by atoms with Crippen molar-refractivity contribution in [2.45, 2.75) is 30.7 Å². The maximum atomic E-state index is 14.7. The van der Waals surface area contributed by atoms with Crippen LogP contribution in [0.1, 0.15) is 22.3 Å². The van der Waals surface area contributed by atoms with E-state index in [1.54, 1.807) is 30.3 Å². The van der Waals surface area contributed by atoms with Crippen molar-refractivity contribution < 1.29 is 31.1 Å². The van der Waals surface area contributed by atoms with Crippen molar-refractivity contribution in [1.82, 2.24) is 10.6 Å². The summed E-state index contributed by atoms with van der Waals surface area (Å²) in [6.45, 7) is -0.147. The molecule has 9 heteroatoms. The smallest absolute Gasteiger partial charge is 0.316 e. The summed E-state index contributed by atoms with van der Waals surface area (Å²) in [5.74, 6) is -3.72. The number of alkyl halides is 4. The second kappa shape index (κ2) is 11.2. The summed E-state index contributed by atoms with van der Waals surface area (Å²) in [6.07, 6.45) is -0.189. The third-order valence-corrected chi connectivity index (χ3v) is 5.54. The van der Waals surface area contributed by atoms with Crippen molar-refractivity contribution >= 4 is 6.03 Å². The van der Waals surface area contributed by atoms with Crippen molar-refractivity contribution in [2.24, 2.45) is 0 Å². The van der Waals surface area contributed by atoms with Gasteiger partial charge in [0.15, 0.2) is 0 Å². The van der Waals surface area contributed by atoms with Crippen LogP contribution in [-0.2, 0) is 18.4 Å². The van der Waals surface area contributed by atoms with Crippen LogP contribution in [0, 0.1) is 24.0 Å². The first kappa shape index (κ1) is 26.7. The number of carbonyl (C=O) groups excluding carboxylic acids is 1. The lowest BCUT2D eigenvalue weighted by Crippen LogP contribution is -2.52. The molecule has 0 bridgehead atoms. The number of hydrogen-bond acceptors (Lipinski definition) is 1. The quantitative estimate of drug-likeness (QED) is 0.280. The molecule has 3 nitrogen and oxygen atoms in total. The average Bonchev–Trinajstić information content (AvgIpc) is 2.82. The van der Waals surface area contributed by atoms with Crippen LogP contribution in [0.15, 0.2) is 72.8 Å². The van der Waals surface area contributed by atoms with Gasteiger partial charge in [-0.2, -0.15) is 8.78 Å². The Balaban J connectivity index is 2.24. The van der Waals surface area contributed by atoms with Crippen molar-refractivity contribution in [3.8, 4) is 12.3 Å². The molecule has 0 heterocycles. The molecule has 3 rings (SSSR count). The second-order valence-corrected chi connectivity index (χ2v) is 8.17. The topological polar surface area (TPSA) is 41.1 Å². The van der Waals surface area contributed by atoms with E-state index < -0.39 is 47.5 Å². The zero-order valence-corrected chi connectivity index (χ0v) is 18.9. The van der Waals surface area contributed by atoms with E-state index in [1.165, 1.54) is 12.1 Å². The molecule has 0 spiro atoms. The molecule has 3 aromatic carbocycles. The van der Waals surface area contributed by atoms with E-state index in [0.717, 1.165) is 30.3 Å². The van der Waals surface area contributed by atoms with Crippen LogP contribution in [0.25, 0.3) is 0 Å². The van der Waals surface area contributed by atoms with Gasteiger partial charge in [-0.25, -0.2) is 22.4 Å². The highest BCUT2D eigenvalue weighted by atomic mass is 19.3. The van der Waals surface area contributed by atoms with E-state index in [4.69, 9.17) is 6.42 Å². The standard InChI is InChI=1S/C27H22F6N2O/c1-2-12-34-25(36)35-26(16-18-6-4-3-5-7-18,20-8-10-22(28)11-9-20)21-13-19(14-23(29)15-21)17-27(32,33)24(30)31/h1,3-11,13-15,24H,12,16-17H2,(H2,34,35,36)/t26-/m1/s1. The van der Waals surface area contributed by atoms with Gasteiger partial charge in [0.25, 0.3) is 0 Å². The summed E-state index contributed by atoms with van der Waals surface area (Å²) in [6, 6.07) is 15.7. The normalized spacial score (nSPS) is 13.1. The molecular weight excluding hydrogens is 482 g/mol. The summed E-state index contributed by atoms with van der Waals surface area (Å²) in [7, 11) is 0. The van der Waals surface area contributed by atoms with Crippen LogP contribution >= 0.6 is 0 Å². The first-order valence-corrected chi connectivity index (χ1v) is 10.8. The summed E-state index contributed by atoms with van der Waals surface area (Å²) in [5.41, 5.74) is -1.08. The van der Waals surface area contributed by atoms with Gasteiger partial charge < -0.3 is 10.6 Å². The number of hydrogen-bond donors (Lipinski definition) is 2. The Kier molecular flexibility index (Phi) is 8.30. The average molecular weight is 504 g/mol. The minimum Gasteiger partial charge on any atom is -0.327 e. The maximum Gasteiger partial charge on any atom is 0.316 e. The summed E-state index contributed by atoms with van der Waals surface area (Å²) in [5, 5.41) is 5.17. The number of amides is 2. The molecule has 1 atom stereocenters. The molecule has 36 heavy (non-hydrogen) atoms. The molecule has 3 aromatic rings. The molecule has 2 amide bonds. The molecule has 0 saturated carbocycles. The van der Waals surface area contributed by atoms with Gasteiger partial charge in [-0.05, 0) is 46.5 Å². The van der Waals surface area contributed by atoms with E-state index in [2.05, 4.69) is 16.6 Å². The Bertz CT molecular complexity index is 1230. The highest BCUT2D eigenvalue weighted by Gasteiger charge is 2.42. The van der Waals surface area contributed by atoms with Gasteiger partial charge in [-0.1, -0.05) is 54.5 Å². The molecule has 2 N–H and O–H groups in total. The Labute approximate surface area is 204 Å². The van der Waals surface area contributed by atoms with Crippen molar-refractivity contribution in [1.29, 1.82) is 0 Å². The van der Waals surface area contributed by atoms with E-state index >= 15 is 0 Å². The second-order valence-electron chi connectivity index (χ2n) is 8.17. The monoisotopic (exact) mass is 504 g/mol. The number of terminal acetylenes is 1. The minimum absolute atomic E-state index is 0.00566. The minimum atomic E-state index is -4.40. The fourth-order valence-electron chi connectivity index (χ4n) is 3.91. The molecule has 0 aromatic heterocycles. The third-order valence-electron chi connectivity index (χ3n) is 5.54. The van der Waals surface area contributed by atoms with Crippen LogP contribution in [0.3, 0.4) is 0 Å². The molecular formula is C27H22F6N2O. The summed E-state index contributed by atoms with van der Waals surface area (Å²) in [4.78, 5) is 12.8. The lowest BCUT2D eigenvalue weighted by atomic mass is 9.77. The fourth-order valence-corrected chi connectivity index (χ4v) is 3.91. The van der Waals surface area contributed by atoms with Gasteiger partial charge in [0.1, 0.15) is 11.6 Å². The third kappa shape index (κ3) is 6.39. The number of benzene rings is 3. The zero-order chi connectivity index (χ0) is 26.3. The van der Waals surface area contributed by atoms with Gasteiger partial charge in [-0.3, -0.25) is 0 Å². The Morgan fingerprint density at radius 1 is 0.861 bits per heavy atom. The largest absolute Gasteiger partial charge is 0.327 e. The summed E-state index contributed by atoms with van der Waals surface area (Å²) < 4.78 is 81.9. The summed E-state index contributed by atoms with van der Waals surface area (Å²) >= 11 is 0. The first-order valence-electron chi connectivity index (χ1n) is 10.8. The Hall–Kier alpha value is -3.93. The van der Waals surface area contributed by atoms with E-state index in [0.29, 0.717) is 11.1 Å². The SMILES string of the molecule is C#CCNC(=O)N[C@](Cc1ccccc1)(c1ccc(F)cc1)c1cc(F)cc(CC(F)(F)C(F)F)c1. The molecule has 0 radical (unpaired) electrons. The molecule has 0 aliphatic heterocycles. The lowest BCUT2D eigenvalue weighted by Gasteiger charge is -2.37. The predicted molar refractivity (Wildman–Crippen MR) is 124 cm³/mol. The molecule has 0 unspecified atom stereocenters. The highest BCUT2D eigenvalue weighted by molar-refractivity contribution is 5.76. The van der Waals surface area contributed by atoms with Crippen LogP contribution < -0.4 is 10.6 Å². The Morgan fingerprint density at radius 3 is 2.14 bits per heavy atom. The Morgan fingerprint density at radius 2 is 1.53 bits per heavy atom. The van der Waals surface area contributed by atoms with E-state index in [1.807, 2.05) is 0 Å². The number of rotatable bonds is 9. The molecule has 188 valence electrons. The molecule has 0 saturated heterocycles. The van der Waals surface area contributed by atoms with Gasteiger partial charge in [0, 0.05) is 12.8 Å². The van der Waals surface area contributed by atoms with Gasteiger partial charge in [0.2, 0.25) is 0 Å². The van der Waals surface area contributed by atoms with E-state index in [9.17, 15) is 31.1 Å².